The third kappa shape index (κ3) is 4.41. The second-order valence-corrected chi connectivity index (χ2v) is 9.65. The number of aryl methyl sites for hydroxylation is 2. The van der Waals surface area contributed by atoms with Crippen LogP contribution < -0.4 is 15.0 Å². The van der Waals surface area contributed by atoms with E-state index in [0.29, 0.717) is 40.0 Å². The molecular formula is C28H23Cl2N4O3+. The number of aromatic nitrogens is 3. The van der Waals surface area contributed by atoms with Gasteiger partial charge in [-0.25, -0.2) is 9.58 Å². The average molecular weight is 534 g/mol. The third-order valence-corrected chi connectivity index (χ3v) is 6.58. The van der Waals surface area contributed by atoms with E-state index in [2.05, 4.69) is 5.10 Å². The average Bonchev–Trinajstić information content (AvgIpc) is 3.31. The van der Waals surface area contributed by atoms with E-state index in [9.17, 15) is 14.4 Å². The molecule has 1 N–H and O–H groups in total. The molecule has 1 aliphatic rings. The second-order valence-electron chi connectivity index (χ2n) is 8.77. The zero-order valence-corrected chi connectivity index (χ0v) is 21.7. The maximum Gasteiger partial charge on any atom is 0.331 e. The molecule has 186 valence electrons. The Hall–Kier alpha value is -3.94. The zero-order chi connectivity index (χ0) is 26.3. The number of nitrogens with one attached hydrogen (secondary N) is 1. The normalized spacial score (nSPS) is 13.7. The maximum atomic E-state index is 14.0. The fourth-order valence-electron chi connectivity index (χ4n) is 4.53. The molecule has 1 aliphatic heterocycles. The van der Waals surface area contributed by atoms with Crippen molar-refractivity contribution >= 4 is 52.0 Å². The first kappa shape index (κ1) is 24.7. The standard InChI is InChI=1S/C28H22Cl2N4O3/c1-3-7-22-23(27(36)34(31-22)21-12-5-10-19(30)15-21)24-25(32-13-6-8-17(2)16-32)28(37)33(26(24)35)20-11-4-9-18(29)14-20/h4-6,8-16H,3,7H2,1-2H3/p+1. The van der Waals surface area contributed by atoms with E-state index in [1.165, 1.54) is 4.68 Å². The number of nitrogens with zero attached hydrogens (tertiary/aromatic N) is 3. The SMILES string of the molecule is CCCc1[nH]n(-c2cccc(Cl)c2)c(=O)c1C1=C([n+]2cccc(C)c2)C(=O)N(c2cccc(Cl)c2)C1=O. The number of benzene rings is 2. The Bertz CT molecular complexity index is 1650. The molecule has 0 spiro atoms. The molecule has 3 heterocycles. The van der Waals surface area contributed by atoms with Crippen molar-refractivity contribution in [3.63, 3.8) is 0 Å². The van der Waals surface area contributed by atoms with E-state index in [4.69, 9.17) is 23.2 Å². The molecule has 0 saturated heterocycles. The predicted octanol–water partition coefficient (Wildman–Crippen LogP) is 4.96. The molecule has 0 atom stereocenters. The number of halogens is 2. The largest absolute Gasteiger partial charge is 0.331 e. The highest BCUT2D eigenvalue weighted by molar-refractivity contribution is 6.53. The van der Waals surface area contributed by atoms with Crippen molar-refractivity contribution in [1.29, 1.82) is 0 Å². The summed E-state index contributed by atoms with van der Waals surface area (Å²) >= 11 is 12.4. The molecule has 0 radical (unpaired) electrons. The number of hydrogen-bond acceptors (Lipinski definition) is 3. The Balaban J connectivity index is 1.80. The number of anilines is 1. The van der Waals surface area contributed by atoms with E-state index in [-0.39, 0.29) is 16.8 Å². The molecule has 2 amide bonds. The van der Waals surface area contributed by atoms with Crippen LogP contribution in [0.15, 0.2) is 77.9 Å². The van der Waals surface area contributed by atoms with Crippen molar-refractivity contribution in [3.05, 3.63) is 110 Å². The molecule has 9 heteroatoms. The van der Waals surface area contributed by atoms with Crippen molar-refractivity contribution in [3.8, 4) is 5.69 Å². The van der Waals surface area contributed by atoms with Gasteiger partial charge in [-0.1, -0.05) is 48.7 Å². The second kappa shape index (κ2) is 9.84. The van der Waals surface area contributed by atoms with Gasteiger partial charge >= 0.3 is 5.91 Å². The molecule has 4 aromatic rings. The van der Waals surface area contributed by atoms with Gasteiger partial charge in [-0.2, -0.15) is 4.57 Å². The maximum absolute atomic E-state index is 14.0. The Morgan fingerprint density at radius 2 is 1.57 bits per heavy atom. The van der Waals surface area contributed by atoms with Crippen LogP contribution in [0.4, 0.5) is 5.69 Å². The van der Waals surface area contributed by atoms with Gasteiger partial charge in [0.1, 0.15) is 5.57 Å². The van der Waals surface area contributed by atoms with E-state index < -0.39 is 17.4 Å². The van der Waals surface area contributed by atoms with Crippen molar-refractivity contribution in [1.82, 2.24) is 9.78 Å². The van der Waals surface area contributed by atoms with Gasteiger partial charge in [0.2, 0.25) is 0 Å². The summed E-state index contributed by atoms with van der Waals surface area (Å²) in [7, 11) is 0. The van der Waals surface area contributed by atoms with Gasteiger partial charge in [-0.15, -0.1) is 0 Å². The van der Waals surface area contributed by atoms with E-state index in [1.54, 1.807) is 71.6 Å². The van der Waals surface area contributed by atoms with Crippen LogP contribution in [0.5, 0.6) is 0 Å². The lowest BCUT2D eigenvalue weighted by molar-refractivity contribution is -0.577. The fraction of sp³-hybridized carbons (Fsp3) is 0.143. The minimum Gasteiger partial charge on any atom is -0.294 e. The van der Waals surface area contributed by atoms with Gasteiger partial charge in [0, 0.05) is 27.4 Å². The quantitative estimate of drug-likeness (QED) is 0.281. The van der Waals surface area contributed by atoms with Gasteiger partial charge in [-0.3, -0.25) is 19.5 Å². The van der Waals surface area contributed by atoms with Gasteiger partial charge in [0.15, 0.2) is 12.4 Å². The number of carbonyl (C=O) groups excluding carboxylic acids is 2. The number of aromatic amines is 1. The number of pyridine rings is 1. The van der Waals surface area contributed by atoms with E-state index in [1.807, 2.05) is 19.9 Å². The third-order valence-electron chi connectivity index (χ3n) is 6.11. The summed E-state index contributed by atoms with van der Waals surface area (Å²) in [5.41, 5.74) is 2.14. The lowest BCUT2D eigenvalue weighted by atomic mass is 10.0. The Morgan fingerprint density at radius 3 is 2.22 bits per heavy atom. The van der Waals surface area contributed by atoms with Crippen molar-refractivity contribution in [2.75, 3.05) is 4.90 Å². The summed E-state index contributed by atoms with van der Waals surface area (Å²) in [6.45, 7) is 3.86. The number of imide groups is 1. The Morgan fingerprint density at radius 1 is 0.892 bits per heavy atom. The van der Waals surface area contributed by atoms with Crippen LogP contribution >= 0.6 is 23.2 Å². The van der Waals surface area contributed by atoms with Gasteiger partial charge in [0.05, 0.1) is 16.9 Å². The van der Waals surface area contributed by atoms with Crippen LogP contribution in [0.2, 0.25) is 10.0 Å². The number of H-pyrrole nitrogens is 1. The number of carbonyl (C=O) groups is 2. The van der Waals surface area contributed by atoms with Gasteiger partial charge < -0.3 is 0 Å². The first-order valence-electron chi connectivity index (χ1n) is 11.8. The van der Waals surface area contributed by atoms with Crippen LogP contribution in [0.1, 0.15) is 30.2 Å². The number of hydrogen-bond donors (Lipinski definition) is 1. The van der Waals surface area contributed by atoms with Crippen molar-refractivity contribution < 1.29 is 14.2 Å². The molecule has 0 aliphatic carbocycles. The molecule has 7 nitrogen and oxygen atoms in total. The smallest absolute Gasteiger partial charge is 0.294 e. The molecule has 0 saturated carbocycles. The fourth-order valence-corrected chi connectivity index (χ4v) is 4.90. The van der Waals surface area contributed by atoms with Gasteiger partial charge in [-0.05, 0) is 55.8 Å². The van der Waals surface area contributed by atoms with Crippen LogP contribution in [0, 0.1) is 6.92 Å². The first-order valence-corrected chi connectivity index (χ1v) is 12.5. The van der Waals surface area contributed by atoms with E-state index in [0.717, 1.165) is 10.5 Å². The summed E-state index contributed by atoms with van der Waals surface area (Å²) in [5.74, 6) is -1.14. The van der Waals surface area contributed by atoms with Gasteiger partial charge in [0.25, 0.3) is 17.2 Å². The Kier molecular flexibility index (Phi) is 6.58. The summed E-state index contributed by atoms with van der Waals surface area (Å²) in [5, 5.41) is 4.00. The molecule has 5 rings (SSSR count). The predicted molar refractivity (Wildman–Crippen MR) is 144 cm³/mol. The highest BCUT2D eigenvalue weighted by Gasteiger charge is 2.48. The summed E-state index contributed by atoms with van der Waals surface area (Å²) in [6.07, 6.45) is 4.65. The molecule has 0 fully saturated rings. The molecule has 2 aromatic carbocycles. The van der Waals surface area contributed by atoms with Crippen LogP contribution in [-0.4, -0.2) is 21.6 Å². The molecule has 37 heavy (non-hydrogen) atoms. The monoisotopic (exact) mass is 533 g/mol. The molecule has 2 aromatic heterocycles. The van der Waals surface area contributed by atoms with Crippen molar-refractivity contribution in [2.45, 2.75) is 26.7 Å². The van der Waals surface area contributed by atoms with Crippen LogP contribution in [0.25, 0.3) is 17.0 Å². The van der Waals surface area contributed by atoms with E-state index >= 15 is 0 Å². The Labute approximate surface area is 223 Å². The summed E-state index contributed by atoms with van der Waals surface area (Å²) in [6, 6.07) is 17.0. The number of amides is 2. The minimum absolute atomic E-state index is 0.0334. The topological polar surface area (TPSA) is 79.1 Å². The number of rotatable bonds is 6. The summed E-state index contributed by atoms with van der Waals surface area (Å²) < 4.78 is 2.96. The molecule has 0 bridgehead atoms. The summed E-state index contributed by atoms with van der Waals surface area (Å²) in [4.78, 5) is 42.9. The van der Waals surface area contributed by atoms with Crippen molar-refractivity contribution in [2.24, 2.45) is 0 Å². The lowest BCUT2D eigenvalue weighted by Gasteiger charge is -2.14. The minimum atomic E-state index is -0.594. The van der Waals surface area contributed by atoms with Crippen LogP contribution in [-0.2, 0) is 16.0 Å². The molecule has 0 unspecified atom stereocenters. The zero-order valence-electron chi connectivity index (χ0n) is 20.2. The highest BCUT2D eigenvalue weighted by atomic mass is 35.5. The van der Waals surface area contributed by atoms with Crippen LogP contribution in [0.3, 0.4) is 0 Å². The lowest BCUT2D eigenvalue weighted by Crippen LogP contribution is -2.39. The molecular weight excluding hydrogens is 511 g/mol. The highest BCUT2D eigenvalue weighted by Crippen LogP contribution is 2.34. The first-order chi connectivity index (χ1) is 17.8.